The van der Waals surface area contributed by atoms with E-state index in [-0.39, 0.29) is 23.7 Å². The minimum absolute atomic E-state index is 0.000124. The second kappa shape index (κ2) is 5.20. The molecule has 2 fully saturated rings. The minimum Gasteiger partial charge on any atom is -0.460 e. The van der Waals surface area contributed by atoms with Gasteiger partial charge in [-0.05, 0) is 39.5 Å². The standard InChI is InChI=1S/C15H22O5/c1-5-11(16)19-13-9-6-8(12(13)17)7-10(9)14(18)20-15(2,3)4/h5,8-10,12-13,17H,1,6-7H2,2-4H3. The number of rotatable bonds is 3. The molecule has 2 aliphatic carbocycles. The molecule has 0 aromatic rings. The van der Waals surface area contributed by atoms with Gasteiger partial charge in [0.1, 0.15) is 11.7 Å². The molecule has 2 bridgehead atoms. The molecule has 0 spiro atoms. The first-order valence-electron chi connectivity index (χ1n) is 6.97. The van der Waals surface area contributed by atoms with Crippen LogP contribution in [-0.4, -0.2) is 34.9 Å². The van der Waals surface area contributed by atoms with Crippen molar-refractivity contribution in [2.24, 2.45) is 17.8 Å². The fraction of sp³-hybridized carbons (Fsp3) is 0.733. The summed E-state index contributed by atoms with van der Waals surface area (Å²) in [6.07, 6.45) is 1.05. The summed E-state index contributed by atoms with van der Waals surface area (Å²) < 4.78 is 10.6. The molecule has 112 valence electrons. The third-order valence-electron chi connectivity index (χ3n) is 4.02. The third kappa shape index (κ3) is 2.87. The molecule has 5 heteroatoms. The van der Waals surface area contributed by atoms with E-state index in [0.717, 1.165) is 6.08 Å². The van der Waals surface area contributed by atoms with Crippen LogP contribution in [0.3, 0.4) is 0 Å². The topological polar surface area (TPSA) is 72.8 Å². The average Bonchev–Trinajstić information content (AvgIpc) is 2.87. The lowest BCUT2D eigenvalue weighted by Gasteiger charge is -2.32. The molecule has 2 saturated carbocycles. The zero-order chi connectivity index (χ0) is 15.1. The maximum absolute atomic E-state index is 12.2. The maximum Gasteiger partial charge on any atom is 0.330 e. The maximum atomic E-state index is 12.2. The van der Waals surface area contributed by atoms with Crippen molar-refractivity contribution in [3.8, 4) is 0 Å². The predicted molar refractivity (Wildman–Crippen MR) is 71.6 cm³/mol. The average molecular weight is 282 g/mol. The summed E-state index contributed by atoms with van der Waals surface area (Å²) in [4.78, 5) is 23.5. The quantitative estimate of drug-likeness (QED) is 0.626. The fourth-order valence-corrected chi connectivity index (χ4v) is 3.26. The highest BCUT2D eigenvalue weighted by Crippen LogP contribution is 2.50. The molecular weight excluding hydrogens is 260 g/mol. The lowest BCUT2D eigenvalue weighted by atomic mass is 9.85. The van der Waals surface area contributed by atoms with Crippen molar-refractivity contribution in [1.29, 1.82) is 0 Å². The summed E-state index contributed by atoms with van der Waals surface area (Å²) in [5, 5.41) is 10.1. The van der Waals surface area contributed by atoms with E-state index in [4.69, 9.17) is 9.47 Å². The summed E-state index contributed by atoms with van der Waals surface area (Å²) in [6, 6.07) is 0. The molecule has 5 nitrogen and oxygen atoms in total. The van der Waals surface area contributed by atoms with Crippen molar-refractivity contribution < 1.29 is 24.2 Å². The molecule has 5 atom stereocenters. The van der Waals surface area contributed by atoms with E-state index in [9.17, 15) is 14.7 Å². The Hall–Kier alpha value is -1.36. The Balaban J connectivity index is 2.06. The van der Waals surface area contributed by atoms with Gasteiger partial charge < -0.3 is 14.6 Å². The molecule has 2 aliphatic rings. The van der Waals surface area contributed by atoms with Crippen molar-refractivity contribution in [3.05, 3.63) is 12.7 Å². The number of esters is 2. The number of hydrogen-bond acceptors (Lipinski definition) is 5. The van der Waals surface area contributed by atoms with Gasteiger partial charge in [-0.3, -0.25) is 4.79 Å². The van der Waals surface area contributed by atoms with Crippen LogP contribution < -0.4 is 0 Å². The van der Waals surface area contributed by atoms with Gasteiger partial charge in [0, 0.05) is 12.0 Å². The molecule has 5 unspecified atom stereocenters. The van der Waals surface area contributed by atoms with Crippen molar-refractivity contribution in [2.45, 2.75) is 51.4 Å². The Bertz CT molecular complexity index is 422. The highest BCUT2D eigenvalue weighted by atomic mass is 16.6. The molecule has 20 heavy (non-hydrogen) atoms. The normalized spacial score (nSPS) is 35.7. The molecule has 0 amide bonds. The smallest absolute Gasteiger partial charge is 0.330 e. The Kier molecular flexibility index (Phi) is 3.91. The number of carbonyl (C=O) groups is 2. The minimum atomic E-state index is -0.692. The zero-order valence-corrected chi connectivity index (χ0v) is 12.2. The molecule has 1 N–H and O–H groups in total. The number of aliphatic hydroxyl groups excluding tert-OH is 1. The van der Waals surface area contributed by atoms with Crippen LogP contribution in [0.5, 0.6) is 0 Å². The van der Waals surface area contributed by atoms with E-state index >= 15 is 0 Å². The summed E-state index contributed by atoms with van der Waals surface area (Å²) in [7, 11) is 0. The zero-order valence-electron chi connectivity index (χ0n) is 12.2. The number of hydrogen-bond donors (Lipinski definition) is 1. The monoisotopic (exact) mass is 282 g/mol. The number of fused-ring (bicyclic) bond motifs is 2. The van der Waals surface area contributed by atoms with Crippen molar-refractivity contribution in [1.82, 2.24) is 0 Å². The molecule has 0 aromatic carbocycles. The molecular formula is C15H22O5. The molecule has 0 aromatic heterocycles. The molecule has 2 rings (SSSR count). The SMILES string of the molecule is C=CC(=O)OC1C(O)C2CC(C(=O)OC(C)(C)C)C1C2. The lowest BCUT2D eigenvalue weighted by molar-refractivity contribution is -0.171. The Labute approximate surface area is 118 Å². The van der Waals surface area contributed by atoms with Gasteiger partial charge in [0.2, 0.25) is 0 Å². The van der Waals surface area contributed by atoms with Crippen LogP contribution in [0.15, 0.2) is 12.7 Å². The van der Waals surface area contributed by atoms with Crippen LogP contribution >= 0.6 is 0 Å². The van der Waals surface area contributed by atoms with E-state index in [1.165, 1.54) is 0 Å². The predicted octanol–water partition coefficient (Wildman–Crippen LogP) is 1.44. The molecule has 0 heterocycles. The van der Waals surface area contributed by atoms with E-state index in [1.54, 1.807) is 0 Å². The largest absolute Gasteiger partial charge is 0.460 e. The molecule has 0 saturated heterocycles. The highest BCUT2D eigenvalue weighted by molar-refractivity contribution is 5.81. The molecule has 0 aliphatic heterocycles. The first-order valence-corrected chi connectivity index (χ1v) is 6.97. The Morgan fingerprint density at radius 1 is 1.30 bits per heavy atom. The van der Waals surface area contributed by atoms with Crippen LogP contribution in [0.2, 0.25) is 0 Å². The summed E-state index contributed by atoms with van der Waals surface area (Å²) in [6.45, 7) is 8.81. The van der Waals surface area contributed by atoms with Gasteiger partial charge in [-0.15, -0.1) is 0 Å². The first-order chi connectivity index (χ1) is 9.23. The Morgan fingerprint density at radius 3 is 2.45 bits per heavy atom. The van der Waals surface area contributed by atoms with E-state index in [0.29, 0.717) is 12.8 Å². The summed E-state index contributed by atoms with van der Waals surface area (Å²) >= 11 is 0. The van der Waals surface area contributed by atoms with E-state index in [1.807, 2.05) is 20.8 Å². The second-order valence-electron chi connectivity index (χ2n) is 6.63. The third-order valence-corrected chi connectivity index (χ3v) is 4.02. The van der Waals surface area contributed by atoms with Crippen LogP contribution in [0, 0.1) is 17.8 Å². The Morgan fingerprint density at radius 2 is 1.95 bits per heavy atom. The van der Waals surface area contributed by atoms with Crippen LogP contribution in [0.1, 0.15) is 33.6 Å². The van der Waals surface area contributed by atoms with Crippen LogP contribution in [0.25, 0.3) is 0 Å². The van der Waals surface area contributed by atoms with E-state index < -0.39 is 23.8 Å². The first kappa shape index (κ1) is 15.0. The van der Waals surface area contributed by atoms with Crippen molar-refractivity contribution in [2.75, 3.05) is 0 Å². The van der Waals surface area contributed by atoms with Crippen LogP contribution in [0.4, 0.5) is 0 Å². The lowest BCUT2D eigenvalue weighted by Crippen LogP contribution is -2.43. The number of carbonyl (C=O) groups excluding carboxylic acids is 2. The molecule has 0 radical (unpaired) electrons. The number of aliphatic hydroxyl groups is 1. The van der Waals surface area contributed by atoms with Gasteiger partial charge in [0.25, 0.3) is 0 Å². The van der Waals surface area contributed by atoms with Gasteiger partial charge in [-0.1, -0.05) is 6.58 Å². The van der Waals surface area contributed by atoms with E-state index in [2.05, 4.69) is 6.58 Å². The van der Waals surface area contributed by atoms with Gasteiger partial charge in [-0.25, -0.2) is 4.79 Å². The summed E-state index contributed by atoms with van der Waals surface area (Å²) in [5.74, 6) is -1.29. The van der Waals surface area contributed by atoms with Gasteiger partial charge in [-0.2, -0.15) is 0 Å². The van der Waals surface area contributed by atoms with Gasteiger partial charge >= 0.3 is 11.9 Å². The second-order valence-corrected chi connectivity index (χ2v) is 6.63. The van der Waals surface area contributed by atoms with Crippen LogP contribution in [-0.2, 0) is 19.1 Å². The summed E-state index contributed by atoms with van der Waals surface area (Å²) in [5.41, 5.74) is -0.537. The van der Waals surface area contributed by atoms with Crippen molar-refractivity contribution >= 4 is 11.9 Å². The fourth-order valence-electron chi connectivity index (χ4n) is 3.26. The number of ether oxygens (including phenoxy) is 2. The highest BCUT2D eigenvalue weighted by Gasteiger charge is 2.56. The van der Waals surface area contributed by atoms with Gasteiger partial charge in [0.05, 0.1) is 12.0 Å². The van der Waals surface area contributed by atoms with Crippen molar-refractivity contribution in [3.63, 3.8) is 0 Å². The van der Waals surface area contributed by atoms with Gasteiger partial charge in [0.15, 0.2) is 0 Å².